The number of halogens is 1. The van der Waals surface area contributed by atoms with E-state index >= 15 is 0 Å². The quantitative estimate of drug-likeness (QED) is 0.332. The van der Waals surface area contributed by atoms with E-state index in [0.717, 1.165) is 33.6 Å². The largest absolute Gasteiger partial charge is 0.457 e. The molecule has 0 fully saturated rings. The van der Waals surface area contributed by atoms with Crippen molar-refractivity contribution in [2.45, 2.75) is 40.2 Å². The van der Waals surface area contributed by atoms with Gasteiger partial charge in [0.05, 0.1) is 0 Å². The van der Waals surface area contributed by atoms with Crippen LogP contribution in [-0.2, 0) is 6.54 Å². The molecule has 4 nitrogen and oxygen atoms in total. The summed E-state index contributed by atoms with van der Waals surface area (Å²) in [5, 5.41) is 4.44. The van der Waals surface area contributed by atoms with Gasteiger partial charge in [-0.1, -0.05) is 49.7 Å². The molecule has 3 aromatic carbocycles. The highest BCUT2D eigenvalue weighted by atomic mass is 35.5. The first-order valence-electron chi connectivity index (χ1n) is 10.7. The Morgan fingerprint density at radius 2 is 1.62 bits per heavy atom. The molecular weight excluding hydrogens is 422 g/mol. The maximum Gasteiger partial charge on any atom is 0.287 e. The highest BCUT2D eigenvalue weighted by molar-refractivity contribution is 6.32. The van der Waals surface area contributed by atoms with Gasteiger partial charge in [-0.25, -0.2) is 0 Å². The monoisotopic (exact) mass is 447 g/mol. The smallest absolute Gasteiger partial charge is 0.287 e. The second kappa shape index (κ2) is 9.09. The molecule has 1 aromatic heterocycles. The number of nitrogens with one attached hydrogen (secondary N) is 1. The Kier molecular flexibility index (Phi) is 6.24. The molecule has 0 aliphatic rings. The molecule has 0 saturated carbocycles. The fourth-order valence-electron chi connectivity index (χ4n) is 3.55. The fraction of sp³-hybridized carbons (Fsp3) is 0.222. The highest BCUT2D eigenvalue weighted by Crippen LogP contribution is 2.30. The summed E-state index contributed by atoms with van der Waals surface area (Å²) in [6.45, 7) is 8.50. The zero-order valence-corrected chi connectivity index (χ0v) is 19.4. The van der Waals surface area contributed by atoms with Crippen LogP contribution in [0.1, 0.15) is 52.6 Å². The van der Waals surface area contributed by atoms with Crippen molar-refractivity contribution in [1.29, 1.82) is 0 Å². The lowest BCUT2D eigenvalue weighted by atomic mass is 10.0. The molecule has 0 spiro atoms. The number of rotatable bonds is 6. The summed E-state index contributed by atoms with van der Waals surface area (Å²) >= 11 is 6.22. The summed E-state index contributed by atoms with van der Waals surface area (Å²) in [6.07, 6.45) is 0. The first-order valence-corrected chi connectivity index (χ1v) is 11.0. The normalized spacial score (nSPS) is 11.2. The summed E-state index contributed by atoms with van der Waals surface area (Å²) in [5.74, 6) is 2.09. The van der Waals surface area contributed by atoms with Gasteiger partial charge in [-0.2, -0.15) is 0 Å². The van der Waals surface area contributed by atoms with Crippen molar-refractivity contribution >= 4 is 28.5 Å². The highest BCUT2D eigenvalue weighted by Gasteiger charge is 2.18. The van der Waals surface area contributed by atoms with E-state index in [1.54, 1.807) is 0 Å². The van der Waals surface area contributed by atoms with E-state index in [9.17, 15) is 4.79 Å². The van der Waals surface area contributed by atoms with Crippen molar-refractivity contribution in [2.75, 3.05) is 0 Å². The van der Waals surface area contributed by atoms with Gasteiger partial charge in [0.25, 0.3) is 5.91 Å². The Hall–Kier alpha value is -3.24. The summed E-state index contributed by atoms with van der Waals surface area (Å²) in [7, 11) is 0. The van der Waals surface area contributed by atoms with Crippen LogP contribution >= 0.6 is 11.6 Å². The number of carbonyl (C=O) groups is 1. The Bertz CT molecular complexity index is 1260. The molecule has 0 bridgehead atoms. The average molecular weight is 448 g/mol. The first kappa shape index (κ1) is 22.0. The summed E-state index contributed by atoms with van der Waals surface area (Å²) in [6, 6.07) is 19.5. The van der Waals surface area contributed by atoms with E-state index < -0.39 is 0 Å². The van der Waals surface area contributed by atoms with Crippen LogP contribution in [0.15, 0.2) is 65.1 Å². The predicted molar refractivity (Wildman–Crippen MR) is 129 cm³/mol. The molecular formula is C27H26ClNO3. The van der Waals surface area contributed by atoms with E-state index in [1.807, 2.05) is 62.4 Å². The molecule has 1 N–H and O–H groups in total. The van der Waals surface area contributed by atoms with Crippen LogP contribution in [0.25, 0.3) is 11.0 Å². The number of carbonyl (C=O) groups excluding carboxylic acids is 1. The second-order valence-corrected chi connectivity index (χ2v) is 8.71. The molecule has 1 heterocycles. The molecule has 0 atom stereocenters. The van der Waals surface area contributed by atoms with Gasteiger partial charge in [-0.05, 0) is 72.9 Å². The molecule has 0 saturated heterocycles. The van der Waals surface area contributed by atoms with Crippen LogP contribution in [-0.4, -0.2) is 5.91 Å². The van der Waals surface area contributed by atoms with Crippen LogP contribution in [0, 0.1) is 13.8 Å². The van der Waals surface area contributed by atoms with Gasteiger partial charge in [-0.3, -0.25) is 4.79 Å². The van der Waals surface area contributed by atoms with Gasteiger partial charge in [0.1, 0.15) is 17.1 Å². The fourth-order valence-corrected chi connectivity index (χ4v) is 3.72. The van der Waals surface area contributed by atoms with Gasteiger partial charge in [0, 0.05) is 22.5 Å². The Morgan fingerprint density at radius 1 is 1.00 bits per heavy atom. The molecule has 0 unspecified atom stereocenters. The minimum Gasteiger partial charge on any atom is -0.457 e. The Labute approximate surface area is 193 Å². The zero-order valence-electron chi connectivity index (χ0n) is 18.7. The third kappa shape index (κ3) is 4.66. The molecule has 0 aliphatic carbocycles. The summed E-state index contributed by atoms with van der Waals surface area (Å²) in [5.41, 5.74) is 4.61. The molecule has 0 radical (unpaired) electrons. The minimum absolute atomic E-state index is 0.252. The standard InChI is InChI=1S/C27H26ClNO3/c1-16(2)20-7-11-22(12-8-20)31-21-9-5-19(6-10-21)15-29-27(30)26-18(4)23-14-24(28)17(3)13-25(23)32-26/h5-14,16H,15H2,1-4H3,(H,29,30). The van der Waals surface area contributed by atoms with Gasteiger partial charge < -0.3 is 14.5 Å². The van der Waals surface area contributed by atoms with Crippen molar-refractivity contribution < 1.29 is 13.9 Å². The zero-order chi connectivity index (χ0) is 22.8. The van der Waals surface area contributed by atoms with Crippen molar-refractivity contribution in [3.8, 4) is 11.5 Å². The maximum atomic E-state index is 12.7. The van der Waals surface area contributed by atoms with Gasteiger partial charge in [-0.15, -0.1) is 0 Å². The van der Waals surface area contributed by atoms with E-state index in [1.165, 1.54) is 5.56 Å². The number of hydrogen-bond donors (Lipinski definition) is 1. The molecule has 0 aliphatic heterocycles. The molecule has 4 aromatic rings. The van der Waals surface area contributed by atoms with Gasteiger partial charge >= 0.3 is 0 Å². The predicted octanol–water partition coefficient (Wildman–Crippen LogP) is 7.55. The maximum absolute atomic E-state index is 12.7. The first-order chi connectivity index (χ1) is 15.3. The molecule has 4 rings (SSSR count). The van der Waals surface area contributed by atoms with Gasteiger partial charge in [0.2, 0.25) is 0 Å². The van der Waals surface area contributed by atoms with Crippen LogP contribution in [0.4, 0.5) is 0 Å². The topological polar surface area (TPSA) is 51.5 Å². The van der Waals surface area contributed by atoms with E-state index in [2.05, 4.69) is 31.3 Å². The number of furan rings is 1. The molecule has 5 heteroatoms. The number of amides is 1. The van der Waals surface area contributed by atoms with Crippen LogP contribution < -0.4 is 10.1 Å². The number of hydrogen-bond acceptors (Lipinski definition) is 3. The summed E-state index contributed by atoms with van der Waals surface area (Å²) in [4.78, 5) is 12.7. The lowest BCUT2D eigenvalue weighted by Gasteiger charge is -2.09. The number of aryl methyl sites for hydroxylation is 2. The average Bonchev–Trinajstić information content (AvgIpc) is 3.09. The molecule has 32 heavy (non-hydrogen) atoms. The van der Waals surface area contributed by atoms with Crippen molar-refractivity contribution in [1.82, 2.24) is 5.32 Å². The Morgan fingerprint density at radius 3 is 2.25 bits per heavy atom. The Balaban J connectivity index is 1.39. The van der Waals surface area contributed by atoms with E-state index in [0.29, 0.717) is 28.8 Å². The van der Waals surface area contributed by atoms with E-state index in [-0.39, 0.29) is 5.91 Å². The number of benzene rings is 3. The third-order valence-corrected chi connectivity index (χ3v) is 5.99. The van der Waals surface area contributed by atoms with Crippen LogP contribution in [0.3, 0.4) is 0 Å². The van der Waals surface area contributed by atoms with Crippen molar-refractivity contribution in [3.05, 3.63) is 93.7 Å². The second-order valence-electron chi connectivity index (χ2n) is 8.31. The van der Waals surface area contributed by atoms with Crippen molar-refractivity contribution in [3.63, 3.8) is 0 Å². The van der Waals surface area contributed by atoms with Gasteiger partial charge in [0.15, 0.2) is 5.76 Å². The van der Waals surface area contributed by atoms with E-state index in [4.69, 9.17) is 20.8 Å². The number of fused-ring (bicyclic) bond motifs is 1. The SMILES string of the molecule is Cc1cc2oc(C(=O)NCc3ccc(Oc4ccc(C(C)C)cc4)cc3)c(C)c2cc1Cl. The molecule has 1 amide bonds. The van der Waals surface area contributed by atoms with Crippen LogP contribution in [0.5, 0.6) is 11.5 Å². The van der Waals surface area contributed by atoms with Crippen molar-refractivity contribution in [2.24, 2.45) is 0 Å². The lowest BCUT2D eigenvalue weighted by Crippen LogP contribution is -2.22. The van der Waals surface area contributed by atoms with Crippen LogP contribution in [0.2, 0.25) is 5.02 Å². The molecule has 164 valence electrons. The number of ether oxygens (including phenoxy) is 1. The third-order valence-electron chi connectivity index (χ3n) is 5.58. The minimum atomic E-state index is -0.252. The summed E-state index contributed by atoms with van der Waals surface area (Å²) < 4.78 is 11.7. The lowest BCUT2D eigenvalue weighted by molar-refractivity contribution is 0.0924.